The molecule has 0 aliphatic carbocycles. The Bertz CT molecular complexity index is 600. The van der Waals surface area contributed by atoms with E-state index in [4.69, 9.17) is 0 Å². The molecule has 1 amide bonds. The second-order valence-electron chi connectivity index (χ2n) is 5.41. The summed E-state index contributed by atoms with van der Waals surface area (Å²) in [6.07, 6.45) is 7.46. The lowest BCUT2D eigenvalue weighted by molar-refractivity contribution is 0.0945. The Morgan fingerprint density at radius 1 is 1.17 bits per heavy atom. The Morgan fingerprint density at radius 3 is 2.61 bits per heavy atom. The Hall–Kier alpha value is -2.54. The van der Waals surface area contributed by atoms with E-state index in [1.165, 1.54) is 6.20 Å². The van der Waals surface area contributed by atoms with Gasteiger partial charge in [0.2, 0.25) is 0 Å². The van der Waals surface area contributed by atoms with Crippen LogP contribution in [0.15, 0.2) is 36.9 Å². The van der Waals surface area contributed by atoms with Crippen LogP contribution >= 0.6 is 0 Å². The summed E-state index contributed by atoms with van der Waals surface area (Å²) in [6.45, 7) is 2.27. The topological polar surface area (TPSA) is 83.0 Å². The number of pyridine rings is 1. The van der Waals surface area contributed by atoms with Gasteiger partial charge in [0, 0.05) is 25.5 Å². The zero-order valence-electron chi connectivity index (χ0n) is 13.5. The maximum atomic E-state index is 12.0. The van der Waals surface area contributed by atoms with Crippen molar-refractivity contribution in [2.75, 3.05) is 32.5 Å². The van der Waals surface area contributed by atoms with Gasteiger partial charge in [-0.1, -0.05) is 0 Å². The second-order valence-corrected chi connectivity index (χ2v) is 5.41. The number of aromatic nitrogens is 3. The summed E-state index contributed by atoms with van der Waals surface area (Å²) in [5, 5.41) is 5.99. The van der Waals surface area contributed by atoms with Gasteiger partial charge in [0.05, 0.1) is 12.4 Å². The summed E-state index contributed by atoms with van der Waals surface area (Å²) in [7, 11) is 4.08. The van der Waals surface area contributed by atoms with Crippen molar-refractivity contribution >= 4 is 11.7 Å². The van der Waals surface area contributed by atoms with Crippen LogP contribution < -0.4 is 10.6 Å². The van der Waals surface area contributed by atoms with E-state index in [1.807, 2.05) is 26.2 Å². The van der Waals surface area contributed by atoms with Crippen molar-refractivity contribution in [3.8, 4) is 0 Å². The SMILES string of the molecule is CN(C)CCCNc1cnc(C(=O)NCc2ccncc2)cn1. The first-order valence-corrected chi connectivity index (χ1v) is 7.53. The van der Waals surface area contributed by atoms with Crippen LogP contribution in [0, 0.1) is 0 Å². The van der Waals surface area contributed by atoms with E-state index in [0.717, 1.165) is 25.1 Å². The fourth-order valence-electron chi connectivity index (χ4n) is 1.92. The third-order valence-corrected chi connectivity index (χ3v) is 3.18. The van der Waals surface area contributed by atoms with Crippen molar-refractivity contribution in [1.29, 1.82) is 0 Å². The summed E-state index contributed by atoms with van der Waals surface area (Å²) in [4.78, 5) is 26.4. The summed E-state index contributed by atoms with van der Waals surface area (Å²) in [5.41, 5.74) is 1.29. The normalized spacial score (nSPS) is 10.6. The van der Waals surface area contributed by atoms with Gasteiger partial charge in [0.15, 0.2) is 0 Å². The zero-order chi connectivity index (χ0) is 16.5. The van der Waals surface area contributed by atoms with Gasteiger partial charge in [0.1, 0.15) is 11.5 Å². The lowest BCUT2D eigenvalue weighted by Gasteiger charge is -2.10. The largest absolute Gasteiger partial charge is 0.369 e. The molecule has 7 nitrogen and oxygen atoms in total. The van der Waals surface area contributed by atoms with Crippen LogP contribution in [0.4, 0.5) is 5.82 Å². The van der Waals surface area contributed by atoms with Crippen LogP contribution in [0.5, 0.6) is 0 Å². The van der Waals surface area contributed by atoms with Gasteiger partial charge in [0.25, 0.3) is 5.91 Å². The van der Waals surface area contributed by atoms with E-state index in [9.17, 15) is 4.79 Å². The fourth-order valence-corrected chi connectivity index (χ4v) is 1.92. The van der Waals surface area contributed by atoms with Gasteiger partial charge in [-0.05, 0) is 44.8 Å². The standard InChI is InChI=1S/C16H22N6O/c1-22(2)9-3-6-18-15-12-19-14(11-20-15)16(23)21-10-13-4-7-17-8-5-13/h4-5,7-8,11-12H,3,6,9-10H2,1-2H3,(H,18,20)(H,21,23). The van der Waals surface area contributed by atoms with Gasteiger partial charge >= 0.3 is 0 Å². The van der Waals surface area contributed by atoms with E-state index >= 15 is 0 Å². The maximum Gasteiger partial charge on any atom is 0.271 e. The summed E-state index contributed by atoms with van der Waals surface area (Å²) >= 11 is 0. The number of carbonyl (C=O) groups excluding carboxylic acids is 1. The highest BCUT2D eigenvalue weighted by Crippen LogP contribution is 2.02. The van der Waals surface area contributed by atoms with Gasteiger partial charge in [-0.15, -0.1) is 0 Å². The molecule has 0 saturated heterocycles. The minimum atomic E-state index is -0.242. The van der Waals surface area contributed by atoms with Crippen LogP contribution in [0.25, 0.3) is 0 Å². The van der Waals surface area contributed by atoms with Crippen LogP contribution in [-0.4, -0.2) is 52.9 Å². The summed E-state index contributed by atoms with van der Waals surface area (Å²) in [6, 6.07) is 3.71. The molecular formula is C16H22N6O. The van der Waals surface area contributed by atoms with Crippen molar-refractivity contribution in [2.45, 2.75) is 13.0 Å². The van der Waals surface area contributed by atoms with Crippen LogP contribution in [0.2, 0.25) is 0 Å². The summed E-state index contributed by atoms with van der Waals surface area (Å²) in [5.74, 6) is 0.433. The quantitative estimate of drug-likeness (QED) is 0.712. The number of anilines is 1. The predicted molar refractivity (Wildman–Crippen MR) is 89.1 cm³/mol. The van der Waals surface area contributed by atoms with Crippen molar-refractivity contribution in [3.05, 3.63) is 48.2 Å². The number of amides is 1. The van der Waals surface area contributed by atoms with Gasteiger partial charge < -0.3 is 15.5 Å². The highest BCUT2D eigenvalue weighted by atomic mass is 16.1. The highest BCUT2D eigenvalue weighted by molar-refractivity contribution is 5.91. The average molecular weight is 314 g/mol. The second kappa shape index (κ2) is 8.79. The molecule has 0 spiro atoms. The summed E-state index contributed by atoms with van der Waals surface area (Å²) < 4.78 is 0. The molecule has 0 aromatic carbocycles. The molecule has 2 aromatic rings. The minimum absolute atomic E-state index is 0.242. The molecule has 2 N–H and O–H groups in total. The Morgan fingerprint density at radius 2 is 1.96 bits per heavy atom. The molecular weight excluding hydrogens is 292 g/mol. The van der Waals surface area contributed by atoms with E-state index in [0.29, 0.717) is 18.1 Å². The number of hydrogen-bond acceptors (Lipinski definition) is 6. The number of nitrogens with one attached hydrogen (secondary N) is 2. The molecule has 2 aromatic heterocycles. The molecule has 0 aliphatic heterocycles. The first-order valence-electron chi connectivity index (χ1n) is 7.53. The molecule has 2 rings (SSSR count). The molecule has 7 heteroatoms. The lowest BCUT2D eigenvalue weighted by Crippen LogP contribution is -2.24. The molecule has 0 bridgehead atoms. The van der Waals surface area contributed by atoms with Crippen LogP contribution in [-0.2, 0) is 6.54 Å². The molecule has 0 aliphatic rings. The monoisotopic (exact) mass is 314 g/mol. The first kappa shape index (κ1) is 16.8. The van der Waals surface area contributed by atoms with Crippen molar-refractivity contribution < 1.29 is 4.79 Å². The average Bonchev–Trinajstić information content (AvgIpc) is 2.58. The van der Waals surface area contributed by atoms with Crippen LogP contribution in [0.3, 0.4) is 0 Å². The number of carbonyl (C=O) groups is 1. The molecule has 122 valence electrons. The number of nitrogens with zero attached hydrogens (tertiary/aromatic N) is 4. The zero-order valence-corrected chi connectivity index (χ0v) is 13.5. The van der Waals surface area contributed by atoms with E-state index in [1.54, 1.807) is 18.6 Å². The molecule has 0 radical (unpaired) electrons. The lowest BCUT2D eigenvalue weighted by atomic mass is 10.2. The van der Waals surface area contributed by atoms with Gasteiger partial charge in [-0.2, -0.15) is 0 Å². The number of rotatable bonds is 8. The fraction of sp³-hybridized carbons (Fsp3) is 0.375. The first-order chi connectivity index (χ1) is 11.1. The van der Waals surface area contributed by atoms with Crippen molar-refractivity contribution in [3.63, 3.8) is 0 Å². The molecule has 2 heterocycles. The van der Waals surface area contributed by atoms with Crippen molar-refractivity contribution in [2.24, 2.45) is 0 Å². The maximum absolute atomic E-state index is 12.0. The smallest absolute Gasteiger partial charge is 0.271 e. The molecule has 0 unspecified atom stereocenters. The Balaban J connectivity index is 1.78. The van der Waals surface area contributed by atoms with Crippen LogP contribution in [0.1, 0.15) is 22.5 Å². The Labute approximate surface area is 136 Å². The molecule has 0 atom stereocenters. The minimum Gasteiger partial charge on any atom is -0.369 e. The third kappa shape index (κ3) is 5.99. The van der Waals surface area contributed by atoms with E-state index in [-0.39, 0.29) is 5.91 Å². The van der Waals surface area contributed by atoms with Crippen molar-refractivity contribution in [1.82, 2.24) is 25.2 Å². The van der Waals surface area contributed by atoms with E-state index < -0.39 is 0 Å². The molecule has 0 fully saturated rings. The molecule has 0 saturated carbocycles. The highest BCUT2D eigenvalue weighted by Gasteiger charge is 2.07. The van der Waals surface area contributed by atoms with E-state index in [2.05, 4.69) is 30.5 Å². The van der Waals surface area contributed by atoms with Gasteiger partial charge in [-0.3, -0.25) is 9.78 Å². The molecule has 23 heavy (non-hydrogen) atoms. The predicted octanol–water partition coefficient (Wildman–Crippen LogP) is 1.17. The Kier molecular flexibility index (Phi) is 6.43. The third-order valence-electron chi connectivity index (χ3n) is 3.18. The van der Waals surface area contributed by atoms with Gasteiger partial charge in [-0.25, -0.2) is 9.97 Å². The number of hydrogen-bond donors (Lipinski definition) is 2.